The SMILES string of the molecule is C/C=C(\C)C#CC1(O)CCOC1.C=Cc1/c(=C\CC)c(=C(C)CC)n2c1[nH]c1c(O)ccc(C)c12.CN. The van der Waals surface area contributed by atoms with Crippen molar-refractivity contribution >= 4 is 34.4 Å². The van der Waals surface area contributed by atoms with Gasteiger partial charge in [-0.1, -0.05) is 56.6 Å². The number of aliphatic hydroxyl groups is 1. The van der Waals surface area contributed by atoms with Gasteiger partial charge in [0.2, 0.25) is 0 Å². The smallest absolute Gasteiger partial charge is 0.151 e. The number of nitrogens with zero attached hydrogens (tertiary/aromatic N) is 1. The van der Waals surface area contributed by atoms with Crippen LogP contribution in [0.5, 0.6) is 5.75 Å². The molecule has 5 N–H and O–H groups in total. The summed E-state index contributed by atoms with van der Waals surface area (Å²) < 4.78 is 7.31. The van der Waals surface area contributed by atoms with Crippen LogP contribution in [-0.2, 0) is 4.74 Å². The number of benzene rings is 1. The molecular formula is C31H43N3O3. The van der Waals surface area contributed by atoms with Gasteiger partial charge in [-0.15, -0.1) is 0 Å². The third-order valence-electron chi connectivity index (χ3n) is 6.55. The summed E-state index contributed by atoms with van der Waals surface area (Å²) in [6.45, 7) is 17.4. The van der Waals surface area contributed by atoms with Crippen LogP contribution in [0.25, 0.3) is 34.4 Å². The Morgan fingerprint density at radius 3 is 2.54 bits per heavy atom. The molecule has 4 rings (SSSR count). The highest BCUT2D eigenvalue weighted by atomic mass is 16.5. The molecule has 1 aliphatic rings. The van der Waals surface area contributed by atoms with Crippen LogP contribution in [0.15, 0.2) is 30.4 Å². The van der Waals surface area contributed by atoms with E-state index >= 15 is 0 Å². The highest BCUT2D eigenvalue weighted by Crippen LogP contribution is 2.28. The van der Waals surface area contributed by atoms with Crippen LogP contribution < -0.4 is 16.3 Å². The van der Waals surface area contributed by atoms with Crippen LogP contribution in [0.3, 0.4) is 0 Å². The molecule has 0 radical (unpaired) electrons. The molecule has 3 heterocycles. The lowest BCUT2D eigenvalue weighted by Crippen LogP contribution is -2.29. The number of hydrogen-bond acceptors (Lipinski definition) is 4. The summed E-state index contributed by atoms with van der Waals surface area (Å²) in [4.78, 5) is 3.41. The number of nitrogens with two attached hydrogens (primary N) is 1. The van der Waals surface area contributed by atoms with Crippen LogP contribution >= 0.6 is 0 Å². The number of fused-ring (bicyclic) bond motifs is 3. The Morgan fingerprint density at radius 2 is 2.00 bits per heavy atom. The molecule has 1 unspecified atom stereocenters. The Bertz CT molecular complexity index is 1450. The van der Waals surface area contributed by atoms with E-state index in [-0.39, 0.29) is 5.75 Å². The molecule has 37 heavy (non-hydrogen) atoms. The summed E-state index contributed by atoms with van der Waals surface area (Å²) in [6, 6.07) is 3.71. The second kappa shape index (κ2) is 13.3. The number of nitrogens with one attached hydrogen (secondary N) is 1. The molecule has 0 bridgehead atoms. The van der Waals surface area contributed by atoms with Crippen molar-refractivity contribution in [1.82, 2.24) is 9.38 Å². The molecule has 0 spiro atoms. The molecule has 0 saturated carbocycles. The van der Waals surface area contributed by atoms with Gasteiger partial charge in [0.15, 0.2) is 5.60 Å². The van der Waals surface area contributed by atoms with Gasteiger partial charge < -0.3 is 25.7 Å². The minimum Gasteiger partial charge on any atom is -0.506 e. The van der Waals surface area contributed by atoms with Crippen molar-refractivity contribution in [3.63, 3.8) is 0 Å². The minimum absolute atomic E-state index is 0.283. The number of ether oxygens (including phenoxy) is 1. The van der Waals surface area contributed by atoms with Crippen molar-refractivity contribution in [3.8, 4) is 17.6 Å². The fourth-order valence-corrected chi connectivity index (χ4v) is 4.31. The zero-order chi connectivity index (χ0) is 27.8. The maximum atomic E-state index is 10.3. The summed E-state index contributed by atoms with van der Waals surface area (Å²) >= 11 is 0. The molecule has 6 heteroatoms. The first-order valence-corrected chi connectivity index (χ1v) is 12.9. The number of allylic oxidation sites excluding steroid dienone is 2. The van der Waals surface area contributed by atoms with Crippen LogP contribution in [0, 0.1) is 18.8 Å². The molecule has 0 aliphatic carbocycles. The molecule has 3 aromatic rings. The number of aromatic hydroxyl groups is 1. The lowest BCUT2D eigenvalue weighted by atomic mass is 10.0. The van der Waals surface area contributed by atoms with Gasteiger partial charge >= 0.3 is 0 Å². The van der Waals surface area contributed by atoms with Gasteiger partial charge in [-0.2, -0.15) is 0 Å². The number of aromatic amines is 1. The molecular weight excluding hydrogens is 462 g/mol. The standard InChI is InChI=1S/C20H24N2O.C10H14O2.CH5N/c1-6-9-15-14(8-3)20-21-17-16(23)11-10-13(5)19(17)22(20)18(15)12(4)7-2;1-3-9(2)4-5-10(11)6-7-12-8-10;1-2/h8-11,21,23H,3,6-7H2,1-2,4-5H3;3,11H,6-8H2,1-2H3;2H2,1H3/b15-9+,18-12?;9-3+;. The van der Waals surface area contributed by atoms with Gasteiger partial charge in [-0.3, -0.25) is 4.40 Å². The summed E-state index contributed by atoms with van der Waals surface area (Å²) in [7, 11) is 1.50. The van der Waals surface area contributed by atoms with Crippen molar-refractivity contribution in [2.75, 3.05) is 20.3 Å². The maximum absolute atomic E-state index is 10.3. The molecule has 200 valence electrons. The third kappa shape index (κ3) is 6.37. The quantitative estimate of drug-likeness (QED) is 0.393. The fourth-order valence-electron chi connectivity index (χ4n) is 4.31. The van der Waals surface area contributed by atoms with E-state index < -0.39 is 5.60 Å². The van der Waals surface area contributed by atoms with Gasteiger partial charge in [-0.25, -0.2) is 0 Å². The minimum atomic E-state index is -0.899. The third-order valence-corrected chi connectivity index (χ3v) is 6.55. The second-order valence-electron chi connectivity index (χ2n) is 9.12. The van der Waals surface area contributed by atoms with E-state index in [1.165, 1.54) is 23.2 Å². The monoisotopic (exact) mass is 505 g/mol. The number of rotatable bonds is 3. The maximum Gasteiger partial charge on any atom is 0.151 e. The van der Waals surface area contributed by atoms with Gasteiger partial charge in [0.1, 0.15) is 16.9 Å². The average Bonchev–Trinajstić information content (AvgIpc) is 3.59. The number of aryl methyl sites for hydroxylation is 1. The average molecular weight is 506 g/mol. The second-order valence-corrected chi connectivity index (χ2v) is 9.12. The van der Waals surface area contributed by atoms with E-state index in [2.05, 4.69) is 67.3 Å². The number of hydrogen-bond donors (Lipinski definition) is 4. The van der Waals surface area contributed by atoms with E-state index in [4.69, 9.17) is 4.74 Å². The summed E-state index contributed by atoms with van der Waals surface area (Å²) in [6.07, 6.45) is 8.67. The first-order chi connectivity index (χ1) is 17.7. The van der Waals surface area contributed by atoms with Crippen LogP contribution in [-0.4, -0.2) is 45.5 Å². The Labute approximate surface area is 220 Å². The molecule has 0 amide bonds. The molecule has 1 saturated heterocycles. The zero-order valence-corrected chi connectivity index (χ0v) is 23.5. The lowest BCUT2D eigenvalue weighted by Gasteiger charge is -2.10. The summed E-state index contributed by atoms with van der Waals surface area (Å²) in [5, 5.41) is 22.4. The highest BCUT2D eigenvalue weighted by molar-refractivity contribution is 5.91. The van der Waals surface area contributed by atoms with E-state index in [1.807, 2.05) is 32.1 Å². The van der Waals surface area contributed by atoms with Gasteiger partial charge in [0.25, 0.3) is 0 Å². The largest absolute Gasteiger partial charge is 0.506 e. The van der Waals surface area contributed by atoms with Crippen LogP contribution in [0.2, 0.25) is 0 Å². The topological polar surface area (TPSA) is 95.9 Å². The number of H-pyrrole nitrogens is 1. The van der Waals surface area contributed by atoms with Crippen molar-refractivity contribution in [2.45, 2.75) is 66.4 Å². The Morgan fingerprint density at radius 1 is 1.30 bits per heavy atom. The lowest BCUT2D eigenvalue weighted by molar-refractivity contribution is 0.0765. The van der Waals surface area contributed by atoms with Gasteiger partial charge in [0, 0.05) is 17.2 Å². The van der Waals surface area contributed by atoms with Crippen LogP contribution in [0.4, 0.5) is 0 Å². The van der Waals surface area contributed by atoms with E-state index in [1.54, 1.807) is 6.07 Å². The first kappa shape index (κ1) is 30.0. The summed E-state index contributed by atoms with van der Waals surface area (Å²) in [5.41, 5.74) is 11.0. The molecule has 2 aromatic heterocycles. The fraction of sp³-hybridized carbons (Fsp3) is 0.419. The van der Waals surface area contributed by atoms with Gasteiger partial charge in [0.05, 0.1) is 24.1 Å². The molecule has 6 nitrogen and oxygen atoms in total. The zero-order valence-electron chi connectivity index (χ0n) is 23.5. The van der Waals surface area contributed by atoms with Gasteiger partial charge in [-0.05, 0) is 70.4 Å². The van der Waals surface area contributed by atoms with E-state index in [0.29, 0.717) is 19.6 Å². The molecule has 1 fully saturated rings. The Balaban J connectivity index is 0.000000291. The van der Waals surface area contributed by atoms with Crippen LogP contribution in [0.1, 0.15) is 65.0 Å². The predicted molar refractivity (Wildman–Crippen MR) is 157 cm³/mol. The number of imidazole rings is 1. The molecule has 1 aliphatic heterocycles. The van der Waals surface area contributed by atoms with E-state index in [0.717, 1.165) is 46.2 Å². The number of phenolic OH excluding ortho intramolecular Hbond substituents is 1. The predicted octanol–water partition coefficient (Wildman–Crippen LogP) is 4.53. The molecule has 1 atom stereocenters. The summed E-state index contributed by atoms with van der Waals surface area (Å²) in [5.74, 6) is 6.00. The Kier molecular flexibility index (Phi) is 10.8. The normalized spacial score (nSPS) is 18.5. The van der Waals surface area contributed by atoms with Crippen molar-refractivity contribution < 1.29 is 14.9 Å². The number of aromatic nitrogens is 2. The number of phenols is 1. The highest BCUT2D eigenvalue weighted by Gasteiger charge is 2.29. The van der Waals surface area contributed by atoms with Crippen molar-refractivity contribution in [2.24, 2.45) is 5.73 Å². The first-order valence-electron chi connectivity index (χ1n) is 12.9. The van der Waals surface area contributed by atoms with Crippen molar-refractivity contribution in [3.05, 3.63) is 52.1 Å². The molecule has 1 aromatic carbocycles. The van der Waals surface area contributed by atoms with Crippen molar-refractivity contribution in [1.29, 1.82) is 0 Å². The Hall–Kier alpha value is -3.24. The van der Waals surface area contributed by atoms with E-state index in [9.17, 15) is 10.2 Å².